The fourth-order valence-electron chi connectivity index (χ4n) is 0.484. The lowest BCUT2D eigenvalue weighted by Gasteiger charge is -2.15. The number of hydrogen-bond acceptors (Lipinski definition) is 5. The van der Waals surface area contributed by atoms with Crippen molar-refractivity contribution in [3.05, 3.63) is 0 Å². The Hall–Kier alpha value is -0.420. The predicted octanol–water partition coefficient (Wildman–Crippen LogP) is 0.888. The number of methoxy groups -OCH3 is 1. The Kier molecular flexibility index (Phi) is 5.90. The zero-order valence-corrected chi connectivity index (χ0v) is 8.80. The molecule has 0 fully saturated rings. The molecule has 0 aliphatic rings. The summed E-state index contributed by atoms with van der Waals surface area (Å²) in [5, 5.41) is 2.12. The SMILES string of the molecule is CCC(=O)NP(=O)(OC)OCOC. The van der Waals surface area contributed by atoms with E-state index in [4.69, 9.17) is 0 Å². The topological polar surface area (TPSA) is 73.9 Å². The number of nitrogens with one attached hydrogen (secondary N) is 1. The van der Waals surface area contributed by atoms with Crippen LogP contribution in [0.25, 0.3) is 0 Å². The highest BCUT2D eigenvalue weighted by Crippen LogP contribution is 2.42. The standard InChI is InChI=1S/C6H14NO5P/c1-4-6(8)7-13(9,11-3)12-5-10-2/h4-5H2,1-3H3,(H,7,8,9). The van der Waals surface area contributed by atoms with Crippen LogP contribution in [-0.2, 0) is 23.1 Å². The lowest BCUT2D eigenvalue weighted by molar-refractivity contribution is -0.119. The summed E-state index contributed by atoms with van der Waals surface area (Å²) < 4.78 is 25.2. The molecule has 1 atom stereocenters. The first-order chi connectivity index (χ1) is 6.08. The van der Waals surface area contributed by atoms with E-state index >= 15 is 0 Å². The Morgan fingerprint density at radius 2 is 2.08 bits per heavy atom. The number of carbonyl (C=O) groups is 1. The van der Waals surface area contributed by atoms with Gasteiger partial charge in [-0.1, -0.05) is 6.92 Å². The number of amides is 1. The normalized spacial score (nSPS) is 15.0. The van der Waals surface area contributed by atoms with Crippen molar-refractivity contribution in [2.45, 2.75) is 13.3 Å². The lowest BCUT2D eigenvalue weighted by Crippen LogP contribution is -2.21. The van der Waals surface area contributed by atoms with Crippen molar-refractivity contribution in [3.63, 3.8) is 0 Å². The molecule has 0 rings (SSSR count). The maximum Gasteiger partial charge on any atom is 0.436 e. The molecule has 0 aliphatic carbocycles. The van der Waals surface area contributed by atoms with Crippen LogP contribution in [0.3, 0.4) is 0 Å². The lowest BCUT2D eigenvalue weighted by atomic mass is 10.5. The molecule has 1 unspecified atom stereocenters. The van der Waals surface area contributed by atoms with Gasteiger partial charge in [0.1, 0.15) is 0 Å². The van der Waals surface area contributed by atoms with Crippen LogP contribution >= 0.6 is 7.75 Å². The zero-order chi connectivity index (χ0) is 10.3. The van der Waals surface area contributed by atoms with Crippen molar-refractivity contribution >= 4 is 13.7 Å². The minimum Gasteiger partial charge on any atom is -0.358 e. The molecule has 0 bridgehead atoms. The molecular weight excluding hydrogens is 197 g/mol. The second-order valence-electron chi connectivity index (χ2n) is 2.10. The molecular formula is C6H14NO5P. The molecule has 1 amide bonds. The minimum absolute atomic E-state index is 0.199. The van der Waals surface area contributed by atoms with E-state index in [1.165, 1.54) is 14.2 Å². The summed E-state index contributed by atoms with van der Waals surface area (Å²) in [6.45, 7) is 1.43. The van der Waals surface area contributed by atoms with E-state index in [1.54, 1.807) is 6.92 Å². The number of carbonyl (C=O) groups excluding carboxylic acids is 1. The van der Waals surface area contributed by atoms with Crippen LogP contribution in [0, 0.1) is 0 Å². The highest BCUT2D eigenvalue weighted by molar-refractivity contribution is 7.52. The first kappa shape index (κ1) is 12.6. The number of hydrogen-bond donors (Lipinski definition) is 1. The van der Waals surface area contributed by atoms with Crippen molar-refractivity contribution in [3.8, 4) is 0 Å². The van der Waals surface area contributed by atoms with Gasteiger partial charge in [-0.3, -0.25) is 18.9 Å². The van der Waals surface area contributed by atoms with Crippen LogP contribution in [0.2, 0.25) is 0 Å². The molecule has 13 heavy (non-hydrogen) atoms. The Balaban J connectivity index is 4.11. The number of ether oxygens (including phenoxy) is 1. The summed E-state index contributed by atoms with van der Waals surface area (Å²) >= 11 is 0. The van der Waals surface area contributed by atoms with Gasteiger partial charge in [0.25, 0.3) is 0 Å². The smallest absolute Gasteiger partial charge is 0.358 e. The Bertz CT molecular complexity index is 207. The summed E-state index contributed by atoms with van der Waals surface area (Å²) in [6, 6.07) is 0. The summed E-state index contributed by atoms with van der Waals surface area (Å²) in [4.78, 5) is 10.9. The highest BCUT2D eigenvalue weighted by atomic mass is 31.2. The van der Waals surface area contributed by atoms with Gasteiger partial charge < -0.3 is 4.74 Å². The average Bonchev–Trinajstić information content (AvgIpc) is 2.14. The molecule has 0 saturated carbocycles. The Morgan fingerprint density at radius 3 is 2.46 bits per heavy atom. The van der Waals surface area contributed by atoms with Gasteiger partial charge in [0.05, 0.1) is 0 Å². The monoisotopic (exact) mass is 211 g/mol. The van der Waals surface area contributed by atoms with Crippen molar-refractivity contribution < 1.29 is 23.1 Å². The molecule has 0 saturated heterocycles. The van der Waals surface area contributed by atoms with Gasteiger partial charge >= 0.3 is 7.75 Å². The molecule has 0 heterocycles. The summed E-state index contributed by atoms with van der Waals surface area (Å²) in [6.07, 6.45) is 0.212. The summed E-state index contributed by atoms with van der Waals surface area (Å²) in [7, 11) is -0.950. The van der Waals surface area contributed by atoms with Crippen LogP contribution < -0.4 is 5.09 Å². The Labute approximate surface area is 77.1 Å². The van der Waals surface area contributed by atoms with Crippen LogP contribution in [0.4, 0.5) is 0 Å². The first-order valence-corrected chi connectivity index (χ1v) is 5.22. The van der Waals surface area contributed by atoms with Gasteiger partial charge in [-0.25, -0.2) is 4.57 Å². The average molecular weight is 211 g/mol. The van der Waals surface area contributed by atoms with Crippen LogP contribution in [0.15, 0.2) is 0 Å². The van der Waals surface area contributed by atoms with Crippen LogP contribution in [0.1, 0.15) is 13.3 Å². The maximum absolute atomic E-state index is 11.5. The molecule has 0 aromatic heterocycles. The van der Waals surface area contributed by atoms with E-state index in [1.807, 2.05) is 0 Å². The van der Waals surface area contributed by atoms with Gasteiger partial charge in [0, 0.05) is 20.6 Å². The largest absolute Gasteiger partial charge is 0.436 e. The summed E-state index contributed by atoms with van der Waals surface area (Å²) in [5.41, 5.74) is 0. The third-order valence-corrected chi connectivity index (χ3v) is 2.61. The maximum atomic E-state index is 11.5. The fourth-order valence-corrected chi connectivity index (χ4v) is 1.45. The van der Waals surface area contributed by atoms with Crippen LogP contribution in [-0.4, -0.2) is 26.9 Å². The van der Waals surface area contributed by atoms with E-state index in [-0.39, 0.29) is 13.2 Å². The molecule has 0 radical (unpaired) electrons. The molecule has 0 aromatic rings. The fraction of sp³-hybridized carbons (Fsp3) is 0.833. The van der Waals surface area contributed by atoms with Crippen molar-refractivity contribution in [2.24, 2.45) is 0 Å². The molecule has 7 heteroatoms. The zero-order valence-electron chi connectivity index (χ0n) is 7.90. The molecule has 78 valence electrons. The van der Waals surface area contributed by atoms with Gasteiger partial charge in [-0.2, -0.15) is 0 Å². The van der Waals surface area contributed by atoms with E-state index in [9.17, 15) is 9.36 Å². The second-order valence-corrected chi connectivity index (χ2v) is 3.95. The first-order valence-electron chi connectivity index (χ1n) is 3.68. The van der Waals surface area contributed by atoms with E-state index in [0.717, 1.165) is 0 Å². The Morgan fingerprint density at radius 1 is 1.46 bits per heavy atom. The minimum atomic E-state index is -3.51. The van der Waals surface area contributed by atoms with Gasteiger partial charge in [-0.15, -0.1) is 0 Å². The third-order valence-electron chi connectivity index (χ3n) is 1.16. The van der Waals surface area contributed by atoms with Crippen molar-refractivity contribution in [2.75, 3.05) is 21.0 Å². The van der Waals surface area contributed by atoms with E-state index in [0.29, 0.717) is 0 Å². The molecule has 1 N–H and O–H groups in total. The van der Waals surface area contributed by atoms with E-state index < -0.39 is 13.7 Å². The predicted molar refractivity (Wildman–Crippen MR) is 46.0 cm³/mol. The van der Waals surface area contributed by atoms with Crippen molar-refractivity contribution in [1.29, 1.82) is 0 Å². The summed E-state index contributed by atoms with van der Waals surface area (Å²) in [5.74, 6) is -0.402. The molecule has 6 nitrogen and oxygen atoms in total. The van der Waals surface area contributed by atoms with Crippen molar-refractivity contribution in [1.82, 2.24) is 5.09 Å². The van der Waals surface area contributed by atoms with Crippen LogP contribution in [0.5, 0.6) is 0 Å². The van der Waals surface area contributed by atoms with Gasteiger partial charge in [0.2, 0.25) is 5.91 Å². The quantitative estimate of drug-likeness (QED) is 0.521. The highest BCUT2D eigenvalue weighted by Gasteiger charge is 2.24. The van der Waals surface area contributed by atoms with E-state index in [2.05, 4.69) is 18.9 Å². The van der Waals surface area contributed by atoms with Gasteiger partial charge in [0.15, 0.2) is 6.79 Å². The second kappa shape index (κ2) is 6.10. The number of rotatable bonds is 6. The van der Waals surface area contributed by atoms with Gasteiger partial charge in [-0.05, 0) is 0 Å². The molecule has 0 aromatic carbocycles. The molecule has 0 aliphatic heterocycles. The third kappa shape index (κ3) is 5.00. The molecule has 0 spiro atoms.